The lowest BCUT2D eigenvalue weighted by Gasteiger charge is -2.26. The Bertz CT molecular complexity index is 1470. The topological polar surface area (TPSA) is 111 Å². The molecule has 0 bridgehead atoms. The zero-order chi connectivity index (χ0) is 51.3. The van der Waals surface area contributed by atoms with E-state index in [1.807, 2.05) is 21.1 Å². The van der Waals surface area contributed by atoms with Crippen molar-refractivity contribution in [3.8, 4) is 0 Å². The molecule has 70 heavy (non-hydrogen) atoms. The van der Waals surface area contributed by atoms with Crippen LogP contribution >= 0.6 is 0 Å². The van der Waals surface area contributed by atoms with Crippen molar-refractivity contribution in [2.24, 2.45) is 0 Å². The third kappa shape index (κ3) is 52.0. The summed E-state index contributed by atoms with van der Waals surface area (Å²) >= 11 is 0. The lowest BCUT2D eigenvalue weighted by atomic mass is 10.0. The zero-order valence-corrected chi connectivity index (χ0v) is 45.4. The van der Waals surface area contributed by atoms with E-state index in [9.17, 15) is 19.5 Å². The molecule has 0 aromatic rings. The Kier molecular flexibility index (Phi) is 48.8. The SMILES string of the molecule is CC/C=C\C/C=C\C/C=C\C/C=C\C/C=C\C/C=C\CCCCCCCCCCCCCCC(=O)OC(COC(=O)CCCCCCC/C=C\C/C=C\CCCC)COC(OCC[N+](C)(C)C)C(=O)[O-]. The number of nitrogens with zero attached hydrogens (tertiary/aromatic N) is 1. The van der Waals surface area contributed by atoms with Crippen LogP contribution in [-0.2, 0) is 33.3 Å². The van der Waals surface area contributed by atoms with Gasteiger partial charge in [-0.2, -0.15) is 0 Å². The Hall–Kier alpha value is -3.79. The molecular weight excluding hydrogens is 875 g/mol. The average molecular weight is 978 g/mol. The molecule has 9 heteroatoms. The number of hydrogen-bond acceptors (Lipinski definition) is 8. The molecule has 0 aromatic heterocycles. The lowest BCUT2D eigenvalue weighted by molar-refractivity contribution is -0.870. The number of carbonyl (C=O) groups excluding carboxylic acids is 3. The summed E-state index contributed by atoms with van der Waals surface area (Å²) < 4.78 is 22.6. The molecular formula is C61H103NO8. The van der Waals surface area contributed by atoms with Crippen LogP contribution in [-0.4, -0.2) is 82.3 Å². The van der Waals surface area contributed by atoms with Crippen LogP contribution in [0.4, 0.5) is 0 Å². The zero-order valence-electron chi connectivity index (χ0n) is 45.4. The van der Waals surface area contributed by atoms with Crippen molar-refractivity contribution in [1.29, 1.82) is 0 Å². The van der Waals surface area contributed by atoms with E-state index >= 15 is 0 Å². The van der Waals surface area contributed by atoms with Crippen molar-refractivity contribution in [2.45, 2.75) is 225 Å². The normalized spacial score (nSPS) is 13.6. The molecule has 0 amide bonds. The van der Waals surface area contributed by atoms with Gasteiger partial charge in [-0.05, 0) is 89.9 Å². The smallest absolute Gasteiger partial charge is 0.306 e. The number of carboxylic acid groups (broad SMARTS) is 1. The summed E-state index contributed by atoms with van der Waals surface area (Å²) in [6, 6.07) is 0. The maximum atomic E-state index is 12.8. The molecule has 0 aliphatic carbocycles. The highest BCUT2D eigenvalue weighted by atomic mass is 16.7. The highest BCUT2D eigenvalue weighted by Gasteiger charge is 2.22. The van der Waals surface area contributed by atoms with Gasteiger partial charge in [0.05, 0.1) is 40.3 Å². The minimum absolute atomic E-state index is 0.141. The van der Waals surface area contributed by atoms with Crippen molar-refractivity contribution < 1.29 is 42.9 Å². The van der Waals surface area contributed by atoms with Gasteiger partial charge >= 0.3 is 11.9 Å². The van der Waals surface area contributed by atoms with Crippen LogP contribution in [0.3, 0.4) is 0 Å². The van der Waals surface area contributed by atoms with Crippen LogP contribution in [0, 0.1) is 0 Å². The molecule has 0 aliphatic heterocycles. The van der Waals surface area contributed by atoms with Crippen molar-refractivity contribution in [2.75, 3.05) is 47.5 Å². The van der Waals surface area contributed by atoms with E-state index in [1.165, 1.54) is 70.6 Å². The quantitative estimate of drug-likeness (QED) is 0.0195. The first-order valence-electron chi connectivity index (χ1n) is 27.9. The highest BCUT2D eigenvalue weighted by Crippen LogP contribution is 2.15. The molecule has 0 N–H and O–H groups in total. The predicted molar refractivity (Wildman–Crippen MR) is 292 cm³/mol. The van der Waals surface area contributed by atoms with E-state index in [4.69, 9.17) is 18.9 Å². The third-order valence-corrected chi connectivity index (χ3v) is 11.6. The Balaban J connectivity index is 4.22. The van der Waals surface area contributed by atoms with E-state index in [-0.39, 0.29) is 38.6 Å². The van der Waals surface area contributed by atoms with Crippen molar-refractivity contribution in [3.63, 3.8) is 0 Å². The molecule has 0 radical (unpaired) electrons. The number of esters is 2. The summed E-state index contributed by atoms with van der Waals surface area (Å²) in [5.41, 5.74) is 0. The fourth-order valence-corrected chi connectivity index (χ4v) is 7.26. The Morgan fingerprint density at radius 3 is 1.21 bits per heavy atom. The first kappa shape index (κ1) is 66.2. The monoisotopic (exact) mass is 978 g/mol. The fourth-order valence-electron chi connectivity index (χ4n) is 7.26. The standard InChI is InChI=1S/C61H103NO8/c1-6-8-10-12-14-16-18-20-22-23-24-25-26-27-28-29-30-31-32-33-34-35-36-37-38-40-42-44-46-48-50-52-59(64)70-57(56-69-61(60(65)66)67-54-53-62(3,4)5)55-68-58(63)51-49-47-45-43-41-39-21-19-17-15-13-11-9-7-2/h8,10,13-16,19-22,24-25,27-28,30-31,57,61H,6-7,9,11-12,17-18,23,26,29,32-56H2,1-5H3/b10-8-,15-13-,16-14-,21-19-,22-20-,25-24-,28-27-,31-30-. The number of unbranched alkanes of at least 4 members (excludes halogenated alkanes) is 19. The number of allylic oxidation sites excluding steroid dienone is 16. The van der Waals surface area contributed by atoms with Gasteiger partial charge in [0.15, 0.2) is 12.4 Å². The van der Waals surface area contributed by atoms with Gasteiger partial charge in [-0.15, -0.1) is 0 Å². The number of rotatable bonds is 50. The summed E-state index contributed by atoms with van der Waals surface area (Å²) in [5.74, 6) is -2.31. The Morgan fingerprint density at radius 2 is 0.814 bits per heavy atom. The molecule has 0 spiro atoms. The summed E-state index contributed by atoms with van der Waals surface area (Å²) in [6.45, 7) is 4.56. The maximum Gasteiger partial charge on any atom is 0.306 e. The van der Waals surface area contributed by atoms with Gasteiger partial charge in [-0.25, -0.2) is 0 Å². The average Bonchev–Trinajstić information content (AvgIpc) is 3.33. The molecule has 2 unspecified atom stereocenters. The molecule has 400 valence electrons. The van der Waals surface area contributed by atoms with Crippen LogP contribution in [0.2, 0.25) is 0 Å². The second kappa shape index (κ2) is 51.6. The number of hydrogen-bond donors (Lipinski definition) is 0. The van der Waals surface area contributed by atoms with E-state index < -0.39 is 24.3 Å². The minimum Gasteiger partial charge on any atom is -0.545 e. The molecule has 2 atom stereocenters. The number of quaternary nitrogens is 1. The van der Waals surface area contributed by atoms with E-state index in [0.29, 0.717) is 17.4 Å². The molecule has 0 aromatic carbocycles. The van der Waals surface area contributed by atoms with Crippen molar-refractivity contribution in [1.82, 2.24) is 0 Å². The first-order valence-corrected chi connectivity index (χ1v) is 27.9. The number of likely N-dealkylation sites (N-methyl/N-ethyl adjacent to an activating group) is 1. The van der Waals surface area contributed by atoms with Gasteiger partial charge in [0.25, 0.3) is 0 Å². The molecule has 0 rings (SSSR count). The first-order chi connectivity index (χ1) is 34.1. The van der Waals surface area contributed by atoms with Crippen molar-refractivity contribution >= 4 is 17.9 Å². The minimum atomic E-state index is -1.63. The number of aliphatic carboxylic acids is 1. The van der Waals surface area contributed by atoms with Crippen LogP contribution in [0.25, 0.3) is 0 Å². The molecule has 0 heterocycles. The van der Waals surface area contributed by atoms with Gasteiger partial charge < -0.3 is 33.3 Å². The fraction of sp³-hybridized carbons (Fsp3) is 0.689. The summed E-state index contributed by atoms with van der Waals surface area (Å²) in [6.07, 6.45) is 65.9. The van der Waals surface area contributed by atoms with E-state index in [1.54, 1.807) is 0 Å². The molecule has 0 aliphatic rings. The lowest BCUT2D eigenvalue weighted by Crippen LogP contribution is -2.44. The van der Waals surface area contributed by atoms with E-state index in [0.717, 1.165) is 109 Å². The maximum absolute atomic E-state index is 12.8. The summed E-state index contributed by atoms with van der Waals surface area (Å²) in [4.78, 5) is 37.2. The van der Waals surface area contributed by atoms with Gasteiger partial charge in [0.1, 0.15) is 13.2 Å². The van der Waals surface area contributed by atoms with Crippen LogP contribution in [0.5, 0.6) is 0 Å². The summed E-state index contributed by atoms with van der Waals surface area (Å²) in [5, 5.41) is 11.7. The van der Waals surface area contributed by atoms with Gasteiger partial charge in [-0.3, -0.25) is 9.59 Å². The van der Waals surface area contributed by atoms with Crippen LogP contribution in [0.15, 0.2) is 97.2 Å². The van der Waals surface area contributed by atoms with Gasteiger partial charge in [-0.1, -0.05) is 207 Å². The van der Waals surface area contributed by atoms with Gasteiger partial charge in [0.2, 0.25) is 0 Å². The Labute approximate surface area is 429 Å². The molecule has 0 fully saturated rings. The van der Waals surface area contributed by atoms with Crippen LogP contribution in [0.1, 0.15) is 213 Å². The van der Waals surface area contributed by atoms with Gasteiger partial charge in [0, 0.05) is 12.8 Å². The highest BCUT2D eigenvalue weighted by molar-refractivity contribution is 5.70. The predicted octanol–water partition coefficient (Wildman–Crippen LogP) is 14.8. The second-order valence-electron chi connectivity index (χ2n) is 19.5. The third-order valence-electron chi connectivity index (χ3n) is 11.6. The van der Waals surface area contributed by atoms with Crippen molar-refractivity contribution in [3.05, 3.63) is 97.2 Å². The van der Waals surface area contributed by atoms with Crippen LogP contribution < -0.4 is 5.11 Å². The molecule has 0 saturated carbocycles. The largest absolute Gasteiger partial charge is 0.545 e. The number of ether oxygens (including phenoxy) is 4. The molecule has 9 nitrogen and oxygen atoms in total. The van der Waals surface area contributed by atoms with E-state index in [2.05, 4.69) is 111 Å². The number of carboxylic acids is 1. The summed E-state index contributed by atoms with van der Waals surface area (Å²) in [7, 11) is 5.91. The Morgan fingerprint density at radius 1 is 0.443 bits per heavy atom. The second-order valence-corrected chi connectivity index (χ2v) is 19.5. The molecule has 0 saturated heterocycles. The number of carbonyl (C=O) groups is 3.